The van der Waals surface area contributed by atoms with Gasteiger partial charge in [0.2, 0.25) is 5.82 Å². The Balaban J connectivity index is 1.58. The predicted octanol–water partition coefficient (Wildman–Crippen LogP) is 4.11. The Morgan fingerprint density at radius 1 is 1.19 bits per heavy atom. The number of carbonyl (C=O) groups is 1. The molecular formula is C17H11F3N2O4. The lowest BCUT2D eigenvalue weighted by Crippen LogP contribution is -2.04. The summed E-state index contributed by atoms with van der Waals surface area (Å²) in [5, 5.41) is 3.65. The van der Waals surface area contributed by atoms with Crippen LogP contribution in [-0.4, -0.2) is 16.1 Å². The molecule has 0 radical (unpaired) electrons. The highest BCUT2D eigenvalue weighted by Gasteiger charge is 2.30. The molecule has 2 heterocycles. The lowest BCUT2D eigenvalue weighted by molar-refractivity contribution is -0.140. The molecule has 0 saturated carbocycles. The third-order valence-electron chi connectivity index (χ3n) is 3.20. The Morgan fingerprint density at radius 3 is 2.62 bits per heavy atom. The number of nitrogens with zero attached hydrogens (tertiary/aromatic N) is 2. The molecule has 9 heteroatoms. The van der Waals surface area contributed by atoms with Crippen molar-refractivity contribution >= 4 is 12.0 Å². The molecule has 0 saturated heterocycles. The fourth-order valence-electron chi connectivity index (χ4n) is 1.96. The van der Waals surface area contributed by atoms with Gasteiger partial charge in [0.25, 0.3) is 5.89 Å². The summed E-state index contributed by atoms with van der Waals surface area (Å²) in [7, 11) is 0. The zero-order valence-corrected chi connectivity index (χ0v) is 13.1. The summed E-state index contributed by atoms with van der Waals surface area (Å²) in [5.74, 6) is -0.0458. The van der Waals surface area contributed by atoms with E-state index in [2.05, 4.69) is 10.1 Å². The third kappa shape index (κ3) is 4.38. The third-order valence-corrected chi connectivity index (χ3v) is 3.20. The summed E-state index contributed by atoms with van der Waals surface area (Å²) in [6.07, 6.45) is -0.347. The molecule has 1 aromatic carbocycles. The van der Waals surface area contributed by atoms with Crippen LogP contribution in [0.2, 0.25) is 0 Å². The fourth-order valence-corrected chi connectivity index (χ4v) is 1.96. The van der Waals surface area contributed by atoms with Gasteiger partial charge in [-0.2, -0.15) is 18.2 Å². The number of hydrogen-bond acceptors (Lipinski definition) is 6. The van der Waals surface area contributed by atoms with Gasteiger partial charge in [-0.25, -0.2) is 4.79 Å². The van der Waals surface area contributed by atoms with Gasteiger partial charge in [0.05, 0.1) is 11.8 Å². The number of halogens is 3. The minimum atomic E-state index is -4.42. The van der Waals surface area contributed by atoms with Crippen LogP contribution >= 0.6 is 0 Å². The topological polar surface area (TPSA) is 78.4 Å². The zero-order chi connectivity index (χ0) is 18.6. The van der Waals surface area contributed by atoms with Gasteiger partial charge in [-0.3, -0.25) is 0 Å². The van der Waals surface area contributed by atoms with Crippen molar-refractivity contribution in [3.05, 3.63) is 66.0 Å². The van der Waals surface area contributed by atoms with E-state index in [4.69, 9.17) is 13.7 Å². The molecular weight excluding hydrogens is 353 g/mol. The second-order valence-electron chi connectivity index (χ2n) is 5.04. The summed E-state index contributed by atoms with van der Waals surface area (Å²) in [5.41, 5.74) is -0.431. The highest BCUT2D eigenvalue weighted by Crippen LogP contribution is 2.30. The number of hydrogen-bond donors (Lipinski definition) is 0. The Labute approximate surface area is 144 Å². The minimum absolute atomic E-state index is 0.0136. The van der Waals surface area contributed by atoms with Crippen molar-refractivity contribution in [2.75, 3.05) is 0 Å². The monoisotopic (exact) mass is 364 g/mol. The fraction of sp³-hybridized carbons (Fsp3) is 0.118. The molecule has 3 rings (SSSR count). The number of furan rings is 1. The SMILES string of the molecule is O=C(/C=C/c1ccco1)OCc1nc(-c2ccc(C(F)(F)F)cc2)no1. The molecule has 0 unspecified atom stereocenters. The van der Waals surface area contributed by atoms with Crippen molar-refractivity contribution in [3.8, 4) is 11.4 Å². The Bertz CT molecular complexity index is 897. The Hall–Kier alpha value is -3.36. The molecule has 2 aromatic heterocycles. The van der Waals surface area contributed by atoms with Crippen LogP contribution in [0.4, 0.5) is 13.2 Å². The lowest BCUT2D eigenvalue weighted by atomic mass is 10.1. The minimum Gasteiger partial charge on any atom is -0.465 e. The standard InChI is InChI=1S/C17H11F3N2O4/c18-17(19,20)12-5-3-11(4-6-12)16-21-14(26-22-16)10-25-15(23)8-7-13-2-1-9-24-13/h1-9H,10H2/b8-7+. The number of esters is 1. The van der Waals surface area contributed by atoms with Crippen LogP contribution in [0.25, 0.3) is 17.5 Å². The summed E-state index contributed by atoms with van der Waals surface area (Å²) < 4.78 is 52.5. The maximum absolute atomic E-state index is 12.5. The van der Waals surface area contributed by atoms with E-state index in [0.717, 1.165) is 12.1 Å². The number of rotatable bonds is 5. The molecule has 6 nitrogen and oxygen atoms in total. The molecule has 0 N–H and O–H groups in total. The summed E-state index contributed by atoms with van der Waals surface area (Å²) in [6, 6.07) is 7.64. The van der Waals surface area contributed by atoms with Crippen LogP contribution in [0.5, 0.6) is 0 Å². The van der Waals surface area contributed by atoms with Crippen LogP contribution in [0.3, 0.4) is 0 Å². The van der Waals surface area contributed by atoms with E-state index in [0.29, 0.717) is 11.3 Å². The molecule has 0 atom stereocenters. The van der Waals surface area contributed by atoms with E-state index in [1.54, 1.807) is 12.1 Å². The summed E-state index contributed by atoms with van der Waals surface area (Å²) in [4.78, 5) is 15.5. The molecule has 0 aliphatic heterocycles. The van der Waals surface area contributed by atoms with Crippen LogP contribution < -0.4 is 0 Å². The molecule has 0 aliphatic carbocycles. The van der Waals surface area contributed by atoms with Crippen LogP contribution in [0, 0.1) is 0 Å². The first-order chi connectivity index (χ1) is 12.4. The van der Waals surface area contributed by atoms with Crippen molar-refractivity contribution in [1.82, 2.24) is 10.1 Å². The van der Waals surface area contributed by atoms with Crippen LogP contribution in [0.1, 0.15) is 17.2 Å². The molecule has 0 bridgehead atoms. The normalized spacial score (nSPS) is 11.8. The highest BCUT2D eigenvalue weighted by atomic mass is 19.4. The van der Waals surface area contributed by atoms with Crippen molar-refractivity contribution in [2.45, 2.75) is 12.8 Å². The Kier molecular flexibility index (Phi) is 4.87. The second-order valence-corrected chi connectivity index (χ2v) is 5.04. The van der Waals surface area contributed by atoms with E-state index in [1.807, 2.05) is 0 Å². The predicted molar refractivity (Wildman–Crippen MR) is 82.3 cm³/mol. The quantitative estimate of drug-likeness (QED) is 0.501. The van der Waals surface area contributed by atoms with Crippen molar-refractivity contribution in [2.24, 2.45) is 0 Å². The number of ether oxygens (including phenoxy) is 1. The number of alkyl halides is 3. The van der Waals surface area contributed by atoms with Gasteiger partial charge in [0.1, 0.15) is 5.76 Å². The van der Waals surface area contributed by atoms with Gasteiger partial charge in [-0.15, -0.1) is 0 Å². The molecule has 3 aromatic rings. The number of aromatic nitrogens is 2. The first-order valence-corrected chi connectivity index (χ1v) is 7.30. The van der Waals surface area contributed by atoms with Gasteiger partial charge in [0, 0.05) is 11.6 Å². The summed E-state index contributed by atoms with van der Waals surface area (Å²) in [6.45, 7) is -0.269. The largest absolute Gasteiger partial charge is 0.465 e. The maximum atomic E-state index is 12.5. The molecule has 0 fully saturated rings. The van der Waals surface area contributed by atoms with E-state index < -0.39 is 17.7 Å². The van der Waals surface area contributed by atoms with Crippen molar-refractivity contribution < 1.29 is 31.6 Å². The lowest BCUT2D eigenvalue weighted by Gasteiger charge is -2.05. The van der Waals surface area contributed by atoms with Gasteiger partial charge in [-0.1, -0.05) is 17.3 Å². The van der Waals surface area contributed by atoms with Crippen molar-refractivity contribution in [1.29, 1.82) is 0 Å². The number of carbonyl (C=O) groups excluding carboxylic acids is 1. The van der Waals surface area contributed by atoms with E-state index in [1.165, 1.54) is 30.5 Å². The molecule has 134 valence electrons. The first kappa shape index (κ1) is 17.5. The maximum Gasteiger partial charge on any atom is 0.416 e. The molecule has 0 amide bonds. The average Bonchev–Trinajstić information content (AvgIpc) is 3.29. The first-order valence-electron chi connectivity index (χ1n) is 7.30. The van der Waals surface area contributed by atoms with Crippen molar-refractivity contribution in [3.63, 3.8) is 0 Å². The van der Waals surface area contributed by atoms with Gasteiger partial charge >= 0.3 is 12.1 Å². The molecule has 0 spiro atoms. The summed E-state index contributed by atoms with van der Waals surface area (Å²) >= 11 is 0. The van der Waals surface area contributed by atoms with Crippen LogP contribution in [-0.2, 0) is 22.3 Å². The Morgan fingerprint density at radius 2 is 1.96 bits per heavy atom. The van der Waals surface area contributed by atoms with Gasteiger partial charge in [-0.05, 0) is 30.3 Å². The van der Waals surface area contributed by atoms with Crippen LogP contribution in [0.15, 0.2) is 57.7 Å². The van der Waals surface area contributed by atoms with Gasteiger partial charge in [0.15, 0.2) is 6.61 Å². The molecule has 26 heavy (non-hydrogen) atoms. The van der Waals surface area contributed by atoms with E-state index in [-0.39, 0.29) is 18.3 Å². The van der Waals surface area contributed by atoms with E-state index in [9.17, 15) is 18.0 Å². The van der Waals surface area contributed by atoms with Gasteiger partial charge < -0.3 is 13.7 Å². The second kappa shape index (κ2) is 7.26. The zero-order valence-electron chi connectivity index (χ0n) is 13.1. The van der Waals surface area contributed by atoms with E-state index >= 15 is 0 Å². The highest BCUT2D eigenvalue weighted by molar-refractivity contribution is 5.86. The number of benzene rings is 1. The average molecular weight is 364 g/mol. The molecule has 0 aliphatic rings. The smallest absolute Gasteiger partial charge is 0.416 e.